The molecule has 0 aliphatic carbocycles. The third-order valence-electron chi connectivity index (χ3n) is 3.33. The second-order valence-corrected chi connectivity index (χ2v) is 5.82. The molecule has 0 saturated heterocycles. The third-order valence-corrected chi connectivity index (χ3v) is 3.89. The Morgan fingerprint density at radius 2 is 1.68 bits per heavy atom. The minimum Gasteiger partial charge on any atom is -0.460 e. The minimum atomic E-state index is 0.627. The summed E-state index contributed by atoms with van der Waals surface area (Å²) in [6.45, 7) is 1.46. The Kier molecular flexibility index (Phi) is 4.84. The van der Waals surface area contributed by atoms with Crippen molar-refractivity contribution in [2.75, 3.05) is 0 Å². The van der Waals surface area contributed by atoms with Gasteiger partial charge >= 0.3 is 0 Å². The van der Waals surface area contributed by atoms with E-state index in [9.17, 15) is 0 Å². The van der Waals surface area contributed by atoms with Crippen LogP contribution in [-0.4, -0.2) is 0 Å². The standard InChI is InChI=1S/C18H15Cl2NO/c19-14-6-8-17(20)16(10-14)18-9-7-15(22-18)12-21-11-13-4-2-1-3-5-13/h1-10,21H,11-12H2. The second kappa shape index (κ2) is 7.01. The molecule has 4 heteroatoms. The first-order chi connectivity index (χ1) is 10.7. The van der Waals surface area contributed by atoms with Gasteiger partial charge in [0.15, 0.2) is 0 Å². The van der Waals surface area contributed by atoms with Crippen molar-refractivity contribution in [1.82, 2.24) is 5.32 Å². The van der Waals surface area contributed by atoms with Crippen molar-refractivity contribution in [2.45, 2.75) is 13.1 Å². The number of nitrogens with one attached hydrogen (secondary N) is 1. The maximum Gasteiger partial charge on any atom is 0.135 e. The highest BCUT2D eigenvalue weighted by Gasteiger charge is 2.09. The quantitative estimate of drug-likeness (QED) is 0.663. The topological polar surface area (TPSA) is 25.2 Å². The normalized spacial score (nSPS) is 10.8. The van der Waals surface area contributed by atoms with Gasteiger partial charge in [-0.1, -0.05) is 53.5 Å². The van der Waals surface area contributed by atoms with Gasteiger partial charge in [-0.05, 0) is 35.9 Å². The van der Waals surface area contributed by atoms with Crippen LogP contribution in [0.3, 0.4) is 0 Å². The minimum absolute atomic E-state index is 0.627. The average molecular weight is 332 g/mol. The average Bonchev–Trinajstić information content (AvgIpc) is 2.99. The van der Waals surface area contributed by atoms with Gasteiger partial charge in [-0.2, -0.15) is 0 Å². The Bertz CT molecular complexity index is 753. The van der Waals surface area contributed by atoms with Gasteiger partial charge in [-0.15, -0.1) is 0 Å². The van der Waals surface area contributed by atoms with Crippen LogP contribution in [0.4, 0.5) is 0 Å². The summed E-state index contributed by atoms with van der Waals surface area (Å²) < 4.78 is 5.84. The Morgan fingerprint density at radius 1 is 0.864 bits per heavy atom. The zero-order valence-corrected chi connectivity index (χ0v) is 13.4. The highest BCUT2D eigenvalue weighted by molar-refractivity contribution is 6.35. The number of furan rings is 1. The summed E-state index contributed by atoms with van der Waals surface area (Å²) in [5, 5.41) is 4.62. The highest BCUT2D eigenvalue weighted by Crippen LogP contribution is 2.31. The van der Waals surface area contributed by atoms with Crippen LogP contribution in [0.25, 0.3) is 11.3 Å². The Morgan fingerprint density at radius 3 is 2.50 bits per heavy atom. The van der Waals surface area contributed by atoms with Crippen molar-refractivity contribution in [3.8, 4) is 11.3 Å². The molecule has 0 atom stereocenters. The summed E-state index contributed by atoms with van der Waals surface area (Å²) >= 11 is 12.2. The lowest BCUT2D eigenvalue weighted by Crippen LogP contribution is -2.11. The fraction of sp³-hybridized carbons (Fsp3) is 0.111. The molecule has 112 valence electrons. The Hall–Kier alpha value is -1.74. The van der Waals surface area contributed by atoms with E-state index in [0.29, 0.717) is 16.6 Å². The van der Waals surface area contributed by atoms with Gasteiger partial charge in [-0.3, -0.25) is 0 Å². The predicted molar refractivity (Wildman–Crippen MR) is 91.1 cm³/mol. The molecule has 22 heavy (non-hydrogen) atoms. The van der Waals surface area contributed by atoms with Crippen LogP contribution in [0.1, 0.15) is 11.3 Å². The van der Waals surface area contributed by atoms with Crippen LogP contribution in [0.2, 0.25) is 10.0 Å². The van der Waals surface area contributed by atoms with E-state index in [-0.39, 0.29) is 0 Å². The van der Waals surface area contributed by atoms with E-state index in [2.05, 4.69) is 17.4 Å². The zero-order chi connectivity index (χ0) is 15.4. The van der Waals surface area contributed by atoms with Gasteiger partial charge in [0.05, 0.1) is 11.6 Å². The van der Waals surface area contributed by atoms with E-state index in [4.69, 9.17) is 27.6 Å². The van der Waals surface area contributed by atoms with Crippen LogP contribution in [-0.2, 0) is 13.1 Å². The van der Waals surface area contributed by atoms with Crippen molar-refractivity contribution < 1.29 is 4.42 Å². The molecule has 0 radical (unpaired) electrons. The number of rotatable bonds is 5. The van der Waals surface area contributed by atoms with Crippen LogP contribution in [0.5, 0.6) is 0 Å². The molecule has 2 aromatic carbocycles. The summed E-state index contributed by atoms with van der Waals surface area (Å²) in [7, 11) is 0. The molecule has 1 N–H and O–H groups in total. The van der Waals surface area contributed by atoms with Crippen molar-refractivity contribution in [3.05, 3.63) is 82.0 Å². The van der Waals surface area contributed by atoms with Gasteiger partial charge in [0.1, 0.15) is 11.5 Å². The van der Waals surface area contributed by atoms with Crippen LogP contribution < -0.4 is 5.32 Å². The maximum atomic E-state index is 6.19. The SMILES string of the molecule is Clc1ccc(Cl)c(-c2ccc(CNCc3ccccc3)o2)c1. The van der Waals surface area contributed by atoms with Gasteiger partial charge in [0.25, 0.3) is 0 Å². The van der Waals surface area contributed by atoms with Crippen LogP contribution in [0, 0.1) is 0 Å². The summed E-state index contributed by atoms with van der Waals surface area (Å²) in [6.07, 6.45) is 0. The van der Waals surface area contributed by atoms with Crippen LogP contribution in [0.15, 0.2) is 65.1 Å². The molecule has 3 aromatic rings. The van der Waals surface area contributed by atoms with Gasteiger partial charge in [0, 0.05) is 17.1 Å². The van der Waals surface area contributed by atoms with Crippen LogP contribution >= 0.6 is 23.2 Å². The lowest BCUT2D eigenvalue weighted by atomic mass is 10.2. The smallest absolute Gasteiger partial charge is 0.135 e. The molecule has 0 bridgehead atoms. The molecule has 0 spiro atoms. The molecule has 1 heterocycles. The predicted octanol–water partition coefficient (Wildman–Crippen LogP) is 5.54. The lowest BCUT2D eigenvalue weighted by molar-refractivity contribution is 0.493. The van der Waals surface area contributed by atoms with E-state index in [1.54, 1.807) is 12.1 Å². The summed E-state index contributed by atoms with van der Waals surface area (Å²) in [4.78, 5) is 0. The molecule has 0 aliphatic rings. The first-order valence-corrected chi connectivity index (χ1v) is 7.77. The first-order valence-electron chi connectivity index (χ1n) is 7.01. The van der Waals surface area contributed by atoms with Gasteiger partial charge in [-0.25, -0.2) is 0 Å². The molecule has 0 amide bonds. The van der Waals surface area contributed by atoms with Crippen molar-refractivity contribution >= 4 is 23.2 Å². The fourth-order valence-corrected chi connectivity index (χ4v) is 2.61. The molecule has 0 fully saturated rings. The largest absolute Gasteiger partial charge is 0.460 e. The summed E-state index contributed by atoms with van der Waals surface area (Å²) in [5.74, 6) is 1.59. The zero-order valence-electron chi connectivity index (χ0n) is 11.9. The number of benzene rings is 2. The molecular formula is C18H15Cl2NO. The number of halogens is 2. The number of hydrogen-bond acceptors (Lipinski definition) is 2. The molecule has 0 unspecified atom stereocenters. The first kappa shape index (κ1) is 15.2. The van der Waals surface area contributed by atoms with E-state index >= 15 is 0 Å². The summed E-state index contributed by atoms with van der Waals surface area (Å²) in [5.41, 5.74) is 2.05. The Labute approximate surface area is 139 Å². The lowest BCUT2D eigenvalue weighted by Gasteiger charge is -2.04. The van der Waals surface area contributed by atoms with Gasteiger partial charge < -0.3 is 9.73 Å². The number of hydrogen-bond donors (Lipinski definition) is 1. The summed E-state index contributed by atoms with van der Waals surface area (Å²) in [6, 6.07) is 19.5. The fourth-order valence-electron chi connectivity index (χ4n) is 2.23. The molecule has 3 rings (SSSR count). The van der Waals surface area contributed by atoms with E-state index in [0.717, 1.165) is 23.6 Å². The Balaban J connectivity index is 1.65. The van der Waals surface area contributed by atoms with E-state index < -0.39 is 0 Å². The molecule has 0 aliphatic heterocycles. The second-order valence-electron chi connectivity index (χ2n) is 4.98. The van der Waals surface area contributed by atoms with Crippen molar-refractivity contribution in [3.63, 3.8) is 0 Å². The van der Waals surface area contributed by atoms with Gasteiger partial charge in [0.2, 0.25) is 0 Å². The molecule has 1 aromatic heterocycles. The highest BCUT2D eigenvalue weighted by atomic mass is 35.5. The molecule has 0 saturated carbocycles. The monoisotopic (exact) mass is 331 g/mol. The van der Waals surface area contributed by atoms with E-state index in [1.165, 1.54) is 5.56 Å². The maximum absolute atomic E-state index is 6.19. The van der Waals surface area contributed by atoms with Crippen molar-refractivity contribution in [2.24, 2.45) is 0 Å². The molecular weight excluding hydrogens is 317 g/mol. The molecule has 2 nitrogen and oxygen atoms in total. The van der Waals surface area contributed by atoms with Crippen molar-refractivity contribution in [1.29, 1.82) is 0 Å². The third kappa shape index (κ3) is 3.72. The van der Waals surface area contributed by atoms with E-state index in [1.807, 2.05) is 36.4 Å².